The fourth-order valence-corrected chi connectivity index (χ4v) is 1.78. The number of carbonyl (C=O) groups is 1. The van der Waals surface area contributed by atoms with Crippen LogP contribution in [0, 0.1) is 0 Å². The smallest absolute Gasteiger partial charge is 0.269 e. The van der Waals surface area contributed by atoms with E-state index >= 15 is 0 Å². The predicted molar refractivity (Wildman–Crippen MR) is 44.6 cm³/mol. The third-order valence-corrected chi connectivity index (χ3v) is 2.39. The normalized spacial score (nSPS) is 15.4. The predicted octanol–water partition coefficient (Wildman–Crippen LogP) is 0.0981. The first kappa shape index (κ1) is 8.10. The van der Waals surface area contributed by atoms with Crippen LogP contribution in [0.2, 0.25) is 0 Å². The van der Waals surface area contributed by atoms with Crippen LogP contribution in [-0.4, -0.2) is 21.1 Å². The summed E-state index contributed by atoms with van der Waals surface area (Å²) in [5.74, 6) is -0.564. The number of hydrogen-bond donors (Lipinski definition) is 2. The van der Waals surface area contributed by atoms with Crippen molar-refractivity contribution in [2.75, 3.05) is 0 Å². The maximum absolute atomic E-state index is 10.9. The molecule has 0 bridgehead atoms. The molecular weight excluding hydrogens is 170 g/mol. The summed E-state index contributed by atoms with van der Waals surface area (Å²) in [5, 5.41) is 13.0. The van der Waals surface area contributed by atoms with Crippen molar-refractivity contribution in [1.29, 1.82) is 0 Å². The summed E-state index contributed by atoms with van der Waals surface area (Å²) in [5.41, 5.74) is 6.90. The molecule has 13 heavy (non-hydrogen) atoms. The second-order valence-corrected chi connectivity index (χ2v) is 3.23. The first-order chi connectivity index (χ1) is 6.20. The van der Waals surface area contributed by atoms with E-state index in [0.717, 1.165) is 41.8 Å². The minimum absolute atomic E-state index is 0.220. The van der Waals surface area contributed by atoms with Crippen LogP contribution in [0.3, 0.4) is 0 Å². The molecule has 2 rings (SSSR count). The van der Waals surface area contributed by atoms with Gasteiger partial charge in [-0.3, -0.25) is 4.79 Å². The molecule has 1 aliphatic carbocycles. The van der Waals surface area contributed by atoms with Gasteiger partial charge in [0.1, 0.15) is 0 Å². The molecule has 0 radical (unpaired) electrons. The van der Waals surface area contributed by atoms with Crippen molar-refractivity contribution in [3.8, 4) is 0 Å². The van der Waals surface area contributed by atoms with E-state index in [1.807, 2.05) is 0 Å². The number of rotatable bonds is 1. The molecule has 3 N–H and O–H groups in total. The standard InChI is InChI=1S/C8H11N3O2/c9-8(12)7-5-3-1-2-4-6(5)11(13)10-7/h13H,1-4H2,(H2,9,12). The minimum atomic E-state index is -0.564. The molecule has 70 valence electrons. The van der Waals surface area contributed by atoms with Crippen LogP contribution in [-0.2, 0) is 12.8 Å². The Morgan fingerprint density at radius 1 is 1.46 bits per heavy atom. The summed E-state index contributed by atoms with van der Waals surface area (Å²) in [6.07, 6.45) is 3.61. The third kappa shape index (κ3) is 1.16. The fraction of sp³-hybridized carbons (Fsp3) is 0.500. The average molecular weight is 181 g/mol. The average Bonchev–Trinajstić information content (AvgIpc) is 2.45. The van der Waals surface area contributed by atoms with Gasteiger partial charge in [-0.2, -0.15) is 0 Å². The number of primary amides is 1. The number of amides is 1. The van der Waals surface area contributed by atoms with E-state index in [0.29, 0.717) is 0 Å². The highest BCUT2D eigenvalue weighted by Crippen LogP contribution is 2.23. The Balaban J connectivity index is 2.53. The van der Waals surface area contributed by atoms with Gasteiger partial charge in [0, 0.05) is 5.56 Å². The van der Waals surface area contributed by atoms with E-state index in [2.05, 4.69) is 5.10 Å². The molecule has 0 aliphatic heterocycles. The van der Waals surface area contributed by atoms with Crippen LogP contribution in [0.15, 0.2) is 0 Å². The lowest BCUT2D eigenvalue weighted by Gasteiger charge is -2.10. The number of fused-ring (bicyclic) bond motifs is 1. The quantitative estimate of drug-likeness (QED) is 0.603. The molecule has 5 nitrogen and oxygen atoms in total. The molecule has 0 fully saturated rings. The van der Waals surface area contributed by atoms with E-state index in [4.69, 9.17) is 5.73 Å². The van der Waals surface area contributed by atoms with Crippen LogP contribution >= 0.6 is 0 Å². The van der Waals surface area contributed by atoms with E-state index in [1.165, 1.54) is 0 Å². The zero-order valence-corrected chi connectivity index (χ0v) is 7.16. The molecule has 0 saturated heterocycles. The molecule has 0 spiro atoms. The summed E-state index contributed by atoms with van der Waals surface area (Å²) >= 11 is 0. The van der Waals surface area contributed by atoms with Crippen LogP contribution in [0.1, 0.15) is 34.6 Å². The molecule has 0 atom stereocenters. The molecule has 1 aliphatic rings. The highest BCUT2D eigenvalue weighted by molar-refractivity contribution is 5.92. The third-order valence-electron chi connectivity index (χ3n) is 2.39. The van der Waals surface area contributed by atoms with Crippen molar-refractivity contribution in [2.24, 2.45) is 5.73 Å². The molecule has 0 unspecified atom stereocenters. The van der Waals surface area contributed by atoms with Gasteiger partial charge in [0.15, 0.2) is 5.69 Å². The van der Waals surface area contributed by atoms with Gasteiger partial charge in [-0.05, 0) is 25.7 Å². The van der Waals surface area contributed by atoms with Gasteiger partial charge in [-0.25, -0.2) is 0 Å². The van der Waals surface area contributed by atoms with Crippen LogP contribution in [0.4, 0.5) is 0 Å². The maximum atomic E-state index is 10.9. The Morgan fingerprint density at radius 2 is 2.15 bits per heavy atom. The molecule has 5 heteroatoms. The number of hydrogen-bond acceptors (Lipinski definition) is 3. The molecule has 0 aromatic carbocycles. The molecule has 1 aromatic heterocycles. The highest BCUT2D eigenvalue weighted by Gasteiger charge is 2.23. The zero-order valence-electron chi connectivity index (χ0n) is 7.16. The van der Waals surface area contributed by atoms with Crippen molar-refractivity contribution in [1.82, 2.24) is 9.94 Å². The van der Waals surface area contributed by atoms with Gasteiger partial charge in [0.05, 0.1) is 5.69 Å². The van der Waals surface area contributed by atoms with Gasteiger partial charge >= 0.3 is 0 Å². The van der Waals surface area contributed by atoms with Crippen LogP contribution in [0.5, 0.6) is 0 Å². The summed E-state index contributed by atoms with van der Waals surface area (Å²) in [4.78, 5) is 11.7. The Bertz CT molecular complexity index is 357. The molecule has 0 saturated carbocycles. The van der Waals surface area contributed by atoms with Crippen molar-refractivity contribution in [3.63, 3.8) is 0 Å². The van der Waals surface area contributed by atoms with E-state index in [-0.39, 0.29) is 5.69 Å². The summed E-state index contributed by atoms with van der Waals surface area (Å²) < 4.78 is 0. The number of nitrogens with two attached hydrogens (primary N) is 1. The van der Waals surface area contributed by atoms with Crippen molar-refractivity contribution in [3.05, 3.63) is 17.0 Å². The van der Waals surface area contributed by atoms with Gasteiger partial charge in [-0.1, -0.05) is 0 Å². The summed E-state index contributed by atoms with van der Waals surface area (Å²) in [6.45, 7) is 0. The van der Waals surface area contributed by atoms with Crippen molar-refractivity contribution >= 4 is 5.91 Å². The SMILES string of the molecule is NC(=O)c1nn(O)c2c1CCCC2. The van der Waals surface area contributed by atoms with E-state index < -0.39 is 5.91 Å². The lowest BCUT2D eigenvalue weighted by molar-refractivity contribution is 0.0979. The Kier molecular flexibility index (Phi) is 1.72. The molecule has 1 aromatic rings. The Labute approximate surface area is 75.1 Å². The zero-order chi connectivity index (χ0) is 9.42. The molecule has 1 amide bonds. The van der Waals surface area contributed by atoms with Gasteiger partial charge in [-0.15, -0.1) is 9.94 Å². The first-order valence-corrected chi connectivity index (χ1v) is 4.30. The molecule has 1 heterocycles. The Morgan fingerprint density at radius 3 is 2.85 bits per heavy atom. The van der Waals surface area contributed by atoms with Gasteiger partial charge < -0.3 is 10.9 Å². The van der Waals surface area contributed by atoms with E-state index in [9.17, 15) is 10.0 Å². The largest absolute Gasteiger partial charge is 0.411 e. The van der Waals surface area contributed by atoms with E-state index in [1.54, 1.807) is 0 Å². The van der Waals surface area contributed by atoms with Gasteiger partial charge in [0.2, 0.25) is 0 Å². The second-order valence-electron chi connectivity index (χ2n) is 3.23. The summed E-state index contributed by atoms with van der Waals surface area (Å²) in [7, 11) is 0. The first-order valence-electron chi connectivity index (χ1n) is 4.30. The fourth-order valence-electron chi connectivity index (χ4n) is 1.78. The summed E-state index contributed by atoms with van der Waals surface area (Å²) in [6, 6.07) is 0. The minimum Gasteiger partial charge on any atom is -0.411 e. The van der Waals surface area contributed by atoms with Crippen molar-refractivity contribution < 1.29 is 10.0 Å². The number of carbonyl (C=O) groups excluding carboxylic acids is 1. The monoisotopic (exact) mass is 181 g/mol. The van der Waals surface area contributed by atoms with Crippen LogP contribution in [0.25, 0.3) is 0 Å². The van der Waals surface area contributed by atoms with Crippen molar-refractivity contribution in [2.45, 2.75) is 25.7 Å². The number of nitrogens with zero attached hydrogens (tertiary/aromatic N) is 2. The topological polar surface area (TPSA) is 81.1 Å². The highest BCUT2D eigenvalue weighted by atomic mass is 16.5. The lowest BCUT2D eigenvalue weighted by Crippen LogP contribution is -2.15. The molecular formula is C8H11N3O2. The Hall–Kier alpha value is -1.52. The number of aromatic nitrogens is 2. The van der Waals surface area contributed by atoms with Crippen LogP contribution < -0.4 is 5.73 Å². The van der Waals surface area contributed by atoms with Gasteiger partial charge in [0.25, 0.3) is 5.91 Å². The second kappa shape index (κ2) is 2.76. The maximum Gasteiger partial charge on any atom is 0.269 e. The lowest BCUT2D eigenvalue weighted by atomic mass is 9.96.